The Labute approximate surface area is 115 Å². The van der Waals surface area contributed by atoms with Crippen LogP contribution >= 0.6 is 0 Å². The van der Waals surface area contributed by atoms with E-state index in [-0.39, 0.29) is 12.2 Å². The highest BCUT2D eigenvalue weighted by Gasteiger charge is 2.28. The van der Waals surface area contributed by atoms with Crippen molar-refractivity contribution in [3.05, 3.63) is 29.8 Å². The van der Waals surface area contributed by atoms with Crippen LogP contribution in [0.4, 0.5) is 13.2 Å². The highest BCUT2D eigenvalue weighted by molar-refractivity contribution is 5.73. The third kappa shape index (κ3) is 7.01. The molecule has 1 rings (SSSR count). The average Bonchev–Trinajstić information content (AvgIpc) is 2.23. The normalized spacial score (nSPS) is 12.1. The van der Waals surface area contributed by atoms with Gasteiger partial charge in [-0.2, -0.15) is 13.2 Å². The minimum atomic E-state index is -4.39. The first kappa shape index (κ1) is 16.3. The van der Waals surface area contributed by atoms with Crippen molar-refractivity contribution in [1.82, 2.24) is 0 Å². The number of ether oxygens (including phenoxy) is 2. The molecule has 3 nitrogen and oxygen atoms in total. The van der Waals surface area contributed by atoms with Crippen molar-refractivity contribution in [2.24, 2.45) is 0 Å². The molecule has 0 aromatic heterocycles. The molecule has 1 aromatic rings. The van der Waals surface area contributed by atoms with Crippen molar-refractivity contribution < 1.29 is 27.4 Å². The van der Waals surface area contributed by atoms with Crippen molar-refractivity contribution in [3.8, 4) is 5.75 Å². The molecule has 0 aliphatic rings. The molecule has 0 saturated carbocycles. The van der Waals surface area contributed by atoms with E-state index in [9.17, 15) is 18.0 Å². The van der Waals surface area contributed by atoms with E-state index >= 15 is 0 Å². The number of rotatable bonds is 4. The maximum Gasteiger partial charge on any atom is 0.422 e. The van der Waals surface area contributed by atoms with Gasteiger partial charge >= 0.3 is 12.1 Å². The van der Waals surface area contributed by atoms with Crippen LogP contribution in [-0.2, 0) is 16.0 Å². The van der Waals surface area contributed by atoms with Gasteiger partial charge in [0.2, 0.25) is 0 Å². The van der Waals surface area contributed by atoms with E-state index in [1.165, 1.54) is 18.2 Å². The maximum absolute atomic E-state index is 12.0. The molecule has 0 saturated heterocycles. The lowest BCUT2D eigenvalue weighted by Crippen LogP contribution is -2.24. The number of hydrogen-bond donors (Lipinski definition) is 0. The quantitative estimate of drug-likeness (QED) is 0.796. The Kier molecular flexibility index (Phi) is 5.03. The van der Waals surface area contributed by atoms with Crippen LogP contribution in [-0.4, -0.2) is 24.4 Å². The van der Waals surface area contributed by atoms with Crippen LogP contribution in [0.5, 0.6) is 5.75 Å². The summed E-state index contributed by atoms with van der Waals surface area (Å²) in [5.41, 5.74) is -0.0551. The Bertz CT molecular complexity index is 461. The van der Waals surface area contributed by atoms with Crippen LogP contribution < -0.4 is 4.74 Å². The van der Waals surface area contributed by atoms with Crippen molar-refractivity contribution >= 4 is 5.97 Å². The van der Waals surface area contributed by atoms with E-state index < -0.39 is 24.4 Å². The lowest BCUT2D eigenvalue weighted by Gasteiger charge is -2.19. The highest BCUT2D eigenvalue weighted by atomic mass is 19.4. The second-order valence-electron chi connectivity index (χ2n) is 5.31. The van der Waals surface area contributed by atoms with Crippen LogP contribution in [0.25, 0.3) is 0 Å². The first-order valence-corrected chi connectivity index (χ1v) is 6.05. The van der Waals surface area contributed by atoms with Crippen molar-refractivity contribution in [2.45, 2.75) is 39.0 Å². The van der Waals surface area contributed by atoms with Gasteiger partial charge in [-0.3, -0.25) is 4.79 Å². The number of esters is 1. The number of alkyl halides is 3. The summed E-state index contributed by atoms with van der Waals surface area (Å²) in [5.74, 6) is -0.367. The summed E-state index contributed by atoms with van der Waals surface area (Å²) in [6.45, 7) is 3.87. The van der Waals surface area contributed by atoms with Gasteiger partial charge in [-0.25, -0.2) is 0 Å². The fourth-order valence-corrected chi connectivity index (χ4v) is 1.45. The third-order valence-corrected chi connectivity index (χ3v) is 2.07. The Balaban J connectivity index is 2.62. The van der Waals surface area contributed by atoms with Gasteiger partial charge in [-0.05, 0) is 38.5 Å². The summed E-state index contributed by atoms with van der Waals surface area (Å²) in [4.78, 5) is 11.6. The molecule has 1 aromatic carbocycles. The van der Waals surface area contributed by atoms with E-state index in [1.807, 2.05) is 0 Å². The van der Waals surface area contributed by atoms with Gasteiger partial charge in [-0.1, -0.05) is 12.1 Å². The minimum absolute atomic E-state index is 0.0134. The van der Waals surface area contributed by atoms with Gasteiger partial charge in [0.15, 0.2) is 6.61 Å². The van der Waals surface area contributed by atoms with Gasteiger partial charge in [0.25, 0.3) is 0 Å². The largest absolute Gasteiger partial charge is 0.484 e. The SMILES string of the molecule is CC(C)(C)OC(=O)Cc1cccc(OCC(F)(F)F)c1. The Morgan fingerprint density at radius 1 is 1.20 bits per heavy atom. The number of carbonyl (C=O) groups excluding carboxylic acids is 1. The van der Waals surface area contributed by atoms with Gasteiger partial charge in [0.1, 0.15) is 11.4 Å². The Morgan fingerprint density at radius 3 is 2.40 bits per heavy atom. The summed E-state index contributed by atoms with van der Waals surface area (Å²) in [6.07, 6.45) is -4.40. The predicted molar refractivity (Wildman–Crippen MR) is 67.5 cm³/mol. The van der Waals surface area contributed by atoms with Crippen molar-refractivity contribution in [1.29, 1.82) is 0 Å². The first-order valence-electron chi connectivity index (χ1n) is 6.05. The summed E-state index contributed by atoms with van der Waals surface area (Å²) >= 11 is 0. The summed E-state index contributed by atoms with van der Waals surface area (Å²) in [7, 11) is 0. The Morgan fingerprint density at radius 2 is 1.85 bits per heavy atom. The molecular weight excluding hydrogens is 273 g/mol. The molecule has 0 heterocycles. The molecule has 20 heavy (non-hydrogen) atoms. The summed E-state index contributed by atoms with van der Waals surface area (Å²) < 4.78 is 45.9. The van der Waals surface area contributed by atoms with E-state index in [2.05, 4.69) is 4.74 Å². The van der Waals surface area contributed by atoms with E-state index in [0.29, 0.717) is 5.56 Å². The molecule has 6 heteroatoms. The fourth-order valence-electron chi connectivity index (χ4n) is 1.45. The number of hydrogen-bond acceptors (Lipinski definition) is 3. The standard InChI is InChI=1S/C14H17F3O3/c1-13(2,3)20-12(18)8-10-5-4-6-11(7-10)19-9-14(15,16)17/h4-7H,8-9H2,1-3H3. The van der Waals surface area contributed by atoms with Crippen LogP contribution in [0.2, 0.25) is 0 Å². The zero-order valence-electron chi connectivity index (χ0n) is 11.6. The van der Waals surface area contributed by atoms with Gasteiger partial charge in [0, 0.05) is 0 Å². The molecule has 112 valence electrons. The molecule has 0 aliphatic carbocycles. The lowest BCUT2D eigenvalue weighted by molar-refractivity contribution is -0.154. The molecule has 0 amide bonds. The molecule has 0 fully saturated rings. The fraction of sp³-hybridized carbons (Fsp3) is 0.500. The summed E-state index contributed by atoms with van der Waals surface area (Å²) in [6, 6.07) is 5.97. The second-order valence-corrected chi connectivity index (χ2v) is 5.31. The molecule has 0 atom stereocenters. The van der Waals surface area contributed by atoms with Crippen LogP contribution in [0.3, 0.4) is 0 Å². The van der Waals surface area contributed by atoms with Gasteiger partial charge in [0.05, 0.1) is 6.42 Å². The Hall–Kier alpha value is -1.72. The molecule has 0 bridgehead atoms. The monoisotopic (exact) mass is 290 g/mol. The van der Waals surface area contributed by atoms with Crippen molar-refractivity contribution in [2.75, 3.05) is 6.61 Å². The highest BCUT2D eigenvalue weighted by Crippen LogP contribution is 2.20. The molecule has 0 unspecified atom stereocenters. The first-order chi connectivity index (χ1) is 9.05. The smallest absolute Gasteiger partial charge is 0.422 e. The molecular formula is C14H17F3O3. The topological polar surface area (TPSA) is 35.5 Å². The van der Waals surface area contributed by atoms with Crippen molar-refractivity contribution in [3.63, 3.8) is 0 Å². The van der Waals surface area contributed by atoms with Gasteiger partial charge in [-0.15, -0.1) is 0 Å². The molecule has 0 radical (unpaired) electrons. The van der Waals surface area contributed by atoms with E-state index in [4.69, 9.17) is 4.74 Å². The zero-order chi connectivity index (χ0) is 15.4. The third-order valence-electron chi connectivity index (χ3n) is 2.07. The van der Waals surface area contributed by atoms with Crippen LogP contribution in [0.1, 0.15) is 26.3 Å². The van der Waals surface area contributed by atoms with Crippen LogP contribution in [0.15, 0.2) is 24.3 Å². The minimum Gasteiger partial charge on any atom is -0.484 e. The predicted octanol–water partition coefficient (Wildman–Crippen LogP) is 3.51. The van der Waals surface area contributed by atoms with E-state index in [1.54, 1.807) is 26.8 Å². The average molecular weight is 290 g/mol. The molecule has 0 aliphatic heterocycles. The van der Waals surface area contributed by atoms with E-state index in [0.717, 1.165) is 0 Å². The molecule has 0 spiro atoms. The lowest BCUT2D eigenvalue weighted by atomic mass is 10.1. The number of halogens is 3. The second kappa shape index (κ2) is 6.15. The van der Waals surface area contributed by atoms with Gasteiger partial charge < -0.3 is 9.47 Å². The number of benzene rings is 1. The maximum atomic E-state index is 12.0. The van der Waals surface area contributed by atoms with Crippen LogP contribution in [0, 0.1) is 0 Å². The zero-order valence-corrected chi connectivity index (χ0v) is 11.6. The molecule has 0 N–H and O–H groups in total. The summed E-state index contributed by atoms with van der Waals surface area (Å²) in [5, 5.41) is 0. The number of carbonyl (C=O) groups is 1.